The molecule has 6 heterocycles. The number of rotatable bonds is 5. The van der Waals surface area contributed by atoms with Crippen molar-refractivity contribution >= 4 is 45.3 Å². The Bertz CT molecular complexity index is 1620. The molecule has 3 aliphatic rings. The van der Waals surface area contributed by atoms with E-state index in [9.17, 15) is 8.78 Å². The van der Waals surface area contributed by atoms with Crippen molar-refractivity contribution in [3.8, 4) is 11.1 Å². The Kier molecular flexibility index (Phi) is 7.43. The van der Waals surface area contributed by atoms with Crippen molar-refractivity contribution in [1.82, 2.24) is 19.9 Å². The van der Waals surface area contributed by atoms with Crippen molar-refractivity contribution in [2.45, 2.75) is 37.6 Å². The van der Waals surface area contributed by atoms with Crippen LogP contribution in [-0.4, -0.2) is 77.5 Å². The van der Waals surface area contributed by atoms with Crippen molar-refractivity contribution in [1.29, 1.82) is 0 Å². The van der Waals surface area contributed by atoms with Crippen LogP contribution in [0.5, 0.6) is 0 Å². The van der Waals surface area contributed by atoms with E-state index in [-0.39, 0.29) is 30.4 Å². The predicted octanol–water partition coefficient (Wildman–Crippen LogP) is 5.77. The van der Waals surface area contributed by atoms with E-state index >= 15 is 4.39 Å². The standard InChI is InChI=1S/C31H30F3IN6O/c1-18-14-39(22-16-42-17-22)8-9-40(18)28-6-2-19(12-37-28)30-25(34)13-36-26-5-7-29(38-31(26)30)41-15-20(32)10-27(41)23-11-21(35)3-4-24(23)33/h2-7,11-13,18,20,22,27H,8-10,14-17H2,1H3/t18-,20-,27+/m0/s1. The van der Waals surface area contributed by atoms with Crippen molar-refractivity contribution in [3.05, 3.63) is 75.6 Å². The Labute approximate surface area is 255 Å². The molecule has 3 aliphatic heterocycles. The van der Waals surface area contributed by atoms with Gasteiger partial charge in [-0.2, -0.15) is 0 Å². The zero-order chi connectivity index (χ0) is 29.0. The molecule has 3 atom stereocenters. The number of anilines is 2. The third-order valence-electron chi connectivity index (χ3n) is 8.64. The molecule has 0 bridgehead atoms. The summed E-state index contributed by atoms with van der Waals surface area (Å²) in [5.41, 5.74) is 2.17. The largest absolute Gasteiger partial charge is 0.378 e. The van der Waals surface area contributed by atoms with Gasteiger partial charge in [0.25, 0.3) is 0 Å². The van der Waals surface area contributed by atoms with Crippen LogP contribution in [0.25, 0.3) is 22.2 Å². The summed E-state index contributed by atoms with van der Waals surface area (Å²) in [5, 5.41) is 0. The Morgan fingerprint density at radius 3 is 2.48 bits per heavy atom. The molecule has 0 spiro atoms. The second-order valence-corrected chi connectivity index (χ2v) is 12.6. The van der Waals surface area contributed by atoms with Gasteiger partial charge in [-0.25, -0.2) is 23.1 Å². The smallest absolute Gasteiger partial charge is 0.151 e. The van der Waals surface area contributed by atoms with Crippen LogP contribution in [0.3, 0.4) is 0 Å². The highest BCUT2D eigenvalue weighted by molar-refractivity contribution is 14.1. The highest BCUT2D eigenvalue weighted by Crippen LogP contribution is 2.40. The zero-order valence-electron chi connectivity index (χ0n) is 23.1. The minimum absolute atomic E-state index is 0.0711. The Morgan fingerprint density at radius 2 is 1.74 bits per heavy atom. The molecule has 0 amide bonds. The topological polar surface area (TPSA) is 57.6 Å². The summed E-state index contributed by atoms with van der Waals surface area (Å²) in [5.74, 6) is 0.397. The molecule has 7 nitrogen and oxygen atoms in total. The highest BCUT2D eigenvalue weighted by Gasteiger charge is 2.36. The van der Waals surface area contributed by atoms with Crippen LogP contribution in [0.4, 0.5) is 24.8 Å². The van der Waals surface area contributed by atoms with Gasteiger partial charge in [-0.05, 0) is 72.0 Å². The van der Waals surface area contributed by atoms with E-state index in [1.54, 1.807) is 35.4 Å². The van der Waals surface area contributed by atoms with E-state index in [0.29, 0.717) is 34.0 Å². The first kappa shape index (κ1) is 27.8. The van der Waals surface area contributed by atoms with Gasteiger partial charge in [0.15, 0.2) is 5.82 Å². The summed E-state index contributed by atoms with van der Waals surface area (Å²) in [6, 6.07) is 12.4. The average molecular weight is 687 g/mol. The van der Waals surface area contributed by atoms with Crippen molar-refractivity contribution in [2.24, 2.45) is 0 Å². The fourth-order valence-corrected chi connectivity index (χ4v) is 6.88. The minimum Gasteiger partial charge on any atom is -0.378 e. The summed E-state index contributed by atoms with van der Waals surface area (Å²) in [7, 11) is 0. The van der Waals surface area contributed by atoms with E-state index in [1.807, 2.05) is 12.1 Å². The maximum Gasteiger partial charge on any atom is 0.151 e. The van der Waals surface area contributed by atoms with Crippen LogP contribution in [-0.2, 0) is 4.74 Å². The van der Waals surface area contributed by atoms with Gasteiger partial charge in [-0.1, -0.05) is 0 Å². The summed E-state index contributed by atoms with van der Waals surface area (Å²) in [6.45, 7) is 6.61. The van der Waals surface area contributed by atoms with Crippen molar-refractivity contribution in [3.63, 3.8) is 0 Å². The number of pyridine rings is 3. The molecule has 7 rings (SSSR count). The van der Waals surface area contributed by atoms with Crippen molar-refractivity contribution in [2.75, 3.05) is 49.2 Å². The van der Waals surface area contributed by atoms with Gasteiger partial charge in [0.05, 0.1) is 43.6 Å². The van der Waals surface area contributed by atoms with Crippen LogP contribution in [0.15, 0.2) is 54.9 Å². The number of ether oxygens (including phenoxy) is 1. The number of aromatic nitrogens is 3. The van der Waals surface area contributed by atoms with E-state index in [1.165, 1.54) is 12.3 Å². The van der Waals surface area contributed by atoms with Gasteiger partial charge >= 0.3 is 0 Å². The van der Waals surface area contributed by atoms with Crippen LogP contribution in [0, 0.1) is 15.2 Å². The molecule has 42 heavy (non-hydrogen) atoms. The molecule has 0 N–H and O–H groups in total. The Balaban J connectivity index is 1.20. The van der Waals surface area contributed by atoms with Gasteiger partial charge in [-0.3, -0.25) is 9.88 Å². The van der Waals surface area contributed by atoms with Crippen LogP contribution >= 0.6 is 22.6 Å². The molecule has 0 radical (unpaired) electrons. The van der Waals surface area contributed by atoms with E-state index < -0.39 is 18.0 Å². The minimum atomic E-state index is -1.14. The normalized spacial score (nSPS) is 23.5. The highest BCUT2D eigenvalue weighted by atomic mass is 127. The number of fused-ring (bicyclic) bond motifs is 1. The van der Waals surface area contributed by atoms with E-state index in [0.717, 1.165) is 42.2 Å². The summed E-state index contributed by atoms with van der Waals surface area (Å²) >= 11 is 2.13. The van der Waals surface area contributed by atoms with Gasteiger partial charge in [0.2, 0.25) is 0 Å². The molecular formula is C31H30F3IN6O. The Hall–Kier alpha value is -3.03. The number of alkyl halides is 1. The quantitative estimate of drug-likeness (QED) is 0.247. The molecule has 0 aliphatic carbocycles. The van der Waals surface area contributed by atoms with Crippen molar-refractivity contribution < 1.29 is 17.9 Å². The number of benzene rings is 1. The monoisotopic (exact) mass is 686 g/mol. The number of halogens is 4. The summed E-state index contributed by atoms with van der Waals surface area (Å²) < 4.78 is 51.2. The molecule has 3 aromatic heterocycles. The van der Waals surface area contributed by atoms with Gasteiger partial charge < -0.3 is 14.5 Å². The van der Waals surface area contributed by atoms with Crippen LogP contribution in [0.1, 0.15) is 24.9 Å². The third kappa shape index (κ3) is 5.09. The van der Waals surface area contributed by atoms with Crippen LogP contribution < -0.4 is 9.80 Å². The lowest BCUT2D eigenvalue weighted by molar-refractivity contribution is -0.0692. The fourth-order valence-electron chi connectivity index (χ4n) is 6.37. The molecular weight excluding hydrogens is 656 g/mol. The molecule has 0 unspecified atom stereocenters. The Morgan fingerprint density at radius 1 is 0.905 bits per heavy atom. The molecule has 3 fully saturated rings. The predicted molar refractivity (Wildman–Crippen MR) is 164 cm³/mol. The molecule has 218 valence electrons. The second kappa shape index (κ2) is 11.2. The molecule has 1 aromatic carbocycles. The number of hydrogen-bond acceptors (Lipinski definition) is 7. The molecule has 11 heteroatoms. The first-order chi connectivity index (χ1) is 20.4. The molecule has 4 aromatic rings. The second-order valence-electron chi connectivity index (χ2n) is 11.3. The van der Waals surface area contributed by atoms with Gasteiger partial charge in [-0.15, -0.1) is 0 Å². The SMILES string of the molecule is C[C@H]1CN(C2COC2)CCN1c1ccc(-c2c(F)cnc3ccc(N4C[C@@H](F)C[C@@H]4c4cc(I)ccc4F)nc23)cn1. The number of hydrogen-bond donors (Lipinski definition) is 0. The fraction of sp³-hybridized carbons (Fsp3) is 0.387. The number of piperazine rings is 1. The van der Waals surface area contributed by atoms with Gasteiger partial charge in [0, 0.05) is 58.6 Å². The summed E-state index contributed by atoms with van der Waals surface area (Å²) in [4.78, 5) is 20.3. The third-order valence-corrected chi connectivity index (χ3v) is 9.31. The lowest BCUT2D eigenvalue weighted by atomic mass is 10.0. The maximum absolute atomic E-state index is 15.4. The van der Waals surface area contributed by atoms with E-state index in [4.69, 9.17) is 14.7 Å². The first-order valence-electron chi connectivity index (χ1n) is 14.2. The maximum atomic E-state index is 15.4. The first-order valence-corrected chi connectivity index (χ1v) is 15.3. The van der Waals surface area contributed by atoms with Crippen LogP contribution in [0.2, 0.25) is 0 Å². The lowest BCUT2D eigenvalue weighted by Crippen LogP contribution is -2.59. The molecule has 3 saturated heterocycles. The van der Waals surface area contributed by atoms with E-state index in [2.05, 4.69) is 44.3 Å². The lowest BCUT2D eigenvalue weighted by Gasteiger charge is -2.46. The molecule has 0 saturated carbocycles. The summed E-state index contributed by atoms with van der Waals surface area (Å²) in [6.07, 6.45) is 1.88. The zero-order valence-corrected chi connectivity index (χ0v) is 25.2. The van der Waals surface area contributed by atoms with Gasteiger partial charge in [0.1, 0.15) is 29.1 Å². The number of nitrogens with zero attached hydrogens (tertiary/aromatic N) is 6. The average Bonchev–Trinajstić information content (AvgIpc) is 3.35.